The smallest absolute Gasteiger partial charge is 0.220 e. The van der Waals surface area contributed by atoms with E-state index >= 15 is 0 Å². The van der Waals surface area contributed by atoms with E-state index in [4.69, 9.17) is 5.73 Å². The second-order valence-corrected chi connectivity index (χ2v) is 6.26. The zero-order valence-electron chi connectivity index (χ0n) is 13.9. The number of rotatable bonds is 8. The predicted octanol–water partition coefficient (Wildman–Crippen LogP) is 2.29. The maximum absolute atomic E-state index is 12.1. The molecule has 5 nitrogen and oxygen atoms in total. The Kier molecular flexibility index (Phi) is 6.35. The van der Waals surface area contributed by atoms with E-state index in [1.165, 1.54) is 0 Å². The molecule has 2 aromatic rings. The van der Waals surface area contributed by atoms with Crippen molar-refractivity contribution in [3.8, 4) is 5.69 Å². The van der Waals surface area contributed by atoms with E-state index < -0.39 is 0 Å². The third-order valence-electron chi connectivity index (χ3n) is 3.70. The highest BCUT2D eigenvalue weighted by molar-refractivity contribution is 5.76. The van der Waals surface area contributed by atoms with Crippen molar-refractivity contribution < 1.29 is 4.79 Å². The molecule has 1 heterocycles. The monoisotopic (exact) mass is 314 g/mol. The normalized spacial score (nSPS) is 12.3. The van der Waals surface area contributed by atoms with Gasteiger partial charge in [0.05, 0.1) is 11.9 Å². The van der Waals surface area contributed by atoms with Gasteiger partial charge >= 0.3 is 0 Å². The van der Waals surface area contributed by atoms with Crippen molar-refractivity contribution in [3.05, 3.63) is 48.3 Å². The number of hydrogen-bond acceptors (Lipinski definition) is 3. The third kappa shape index (κ3) is 5.53. The van der Waals surface area contributed by atoms with Gasteiger partial charge in [-0.1, -0.05) is 32.0 Å². The molecule has 0 radical (unpaired) electrons. The zero-order chi connectivity index (χ0) is 16.7. The van der Waals surface area contributed by atoms with Crippen molar-refractivity contribution in [2.75, 3.05) is 6.54 Å². The molecule has 2 rings (SSSR count). The summed E-state index contributed by atoms with van der Waals surface area (Å²) in [6.07, 6.45) is 5.83. The standard InChI is InChI=1S/C18H26N4O/c1-14(2)10-16(11-19)21-18(23)9-8-15-12-20-22(13-15)17-6-4-3-5-7-17/h3-7,12-14,16H,8-11,19H2,1-2H3,(H,21,23). The first-order valence-electron chi connectivity index (χ1n) is 8.17. The van der Waals surface area contributed by atoms with Crippen LogP contribution in [0.1, 0.15) is 32.3 Å². The minimum Gasteiger partial charge on any atom is -0.352 e. The van der Waals surface area contributed by atoms with E-state index in [0.29, 0.717) is 25.3 Å². The lowest BCUT2D eigenvalue weighted by molar-refractivity contribution is -0.121. The summed E-state index contributed by atoms with van der Waals surface area (Å²) in [4.78, 5) is 12.1. The first kappa shape index (κ1) is 17.2. The molecule has 0 bridgehead atoms. The van der Waals surface area contributed by atoms with Gasteiger partial charge in [-0.15, -0.1) is 0 Å². The van der Waals surface area contributed by atoms with Crippen molar-refractivity contribution in [3.63, 3.8) is 0 Å². The molecule has 0 spiro atoms. The Labute approximate surface area is 137 Å². The summed E-state index contributed by atoms with van der Waals surface area (Å²) >= 11 is 0. The van der Waals surface area contributed by atoms with Gasteiger partial charge < -0.3 is 11.1 Å². The number of carbonyl (C=O) groups excluding carboxylic acids is 1. The number of benzene rings is 1. The van der Waals surface area contributed by atoms with E-state index in [0.717, 1.165) is 17.7 Å². The number of aromatic nitrogens is 2. The molecule has 1 aromatic carbocycles. The van der Waals surface area contributed by atoms with E-state index in [1.807, 2.05) is 47.4 Å². The Balaban J connectivity index is 1.84. The molecule has 3 N–H and O–H groups in total. The van der Waals surface area contributed by atoms with Gasteiger partial charge in [-0.2, -0.15) is 5.10 Å². The van der Waals surface area contributed by atoms with Crippen molar-refractivity contribution in [1.82, 2.24) is 15.1 Å². The van der Waals surface area contributed by atoms with Crippen LogP contribution in [0.25, 0.3) is 5.69 Å². The lowest BCUT2D eigenvalue weighted by atomic mass is 10.0. The summed E-state index contributed by atoms with van der Waals surface area (Å²) < 4.78 is 1.83. The molecule has 0 saturated heterocycles. The van der Waals surface area contributed by atoms with Crippen molar-refractivity contribution in [1.29, 1.82) is 0 Å². The molecule has 23 heavy (non-hydrogen) atoms. The fourth-order valence-electron chi connectivity index (χ4n) is 2.55. The van der Waals surface area contributed by atoms with Gasteiger partial charge in [-0.3, -0.25) is 4.79 Å². The first-order valence-corrected chi connectivity index (χ1v) is 8.17. The molecule has 1 unspecified atom stereocenters. The number of amides is 1. The Morgan fingerprint density at radius 3 is 2.70 bits per heavy atom. The van der Waals surface area contributed by atoms with Crippen LogP contribution in [0.2, 0.25) is 0 Å². The van der Waals surface area contributed by atoms with Crippen LogP contribution in [-0.2, 0) is 11.2 Å². The van der Waals surface area contributed by atoms with Gasteiger partial charge in [-0.25, -0.2) is 4.68 Å². The number of para-hydroxylation sites is 1. The summed E-state index contributed by atoms with van der Waals surface area (Å²) in [6, 6.07) is 10.00. The van der Waals surface area contributed by atoms with Crippen LogP contribution in [0.5, 0.6) is 0 Å². The molecule has 1 atom stereocenters. The number of aryl methyl sites for hydroxylation is 1. The molecule has 1 amide bonds. The van der Waals surface area contributed by atoms with Crippen molar-refractivity contribution >= 4 is 5.91 Å². The second kappa shape index (κ2) is 8.48. The minimum atomic E-state index is 0.0496. The highest BCUT2D eigenvalue weighted by Gasteiger charge is 2.12. The summed E-state index contributed by atoms with van der Waals surface area (Å²) in [5, 5.41) is 7.36. The van der Waals surface area contributed by atoms with Crippen LogP contribution in [0.3, 0.4) is 0 Å². The Morgan fingerprint density at radius 1 is 1.30 bits per heavy atom. The van der Waals surface area contributed by atoms with Gasteiger partial charge in [0.2, 0.25) is 5.91 Å². The van der Waals surface area contributed by atoms with E-state index in [9.17, 15) is 4.79 Å². The number of nitrogens with one attached hydrogen (secondary N) is 1. The fraction of sp³-hybridized carbons (Fsp3) is 0.444. The molecule has 1 aromatic heterocycles. The zero-order valence-corrected chi connectivity index (χ0v) is 13.9. The minimum absolute atomic E-state index is 0.0496. The van der Waals surface area contributed by atoms with Crippen molar-refractivity contribution in [2.24, 2.45) is 11.7 Å². The third-order valence-corrected chi connectivity index (χ3v) is 3.70. The molecular weight excluding hydrogens is 288 g/mol. The number of nitrogens with two attached hydrogens (primary N) is 1. The van der Waals surface area contributed by atoms with Crippen molar-refractivity contribution in [2.45, 2.75) is 39.2 Å². The average Bonchev–Trinajstić information content (AvgIpc) is 3.01. The average molecular weight is 314 g/mol. The lowest BCUT2D eigenvalue weighted by Crippen LogP contribution is -2.41. The molecule has 0 aliphatic rings. The van der Waals surface area contributed by atoms with Gasteiger partial charge in [0.25, 0.3) is 0 Å². The Hall–Kier alpha value is -2.14. The SMILES string of the molecule is CC(C)CC(CN)NC(=O)CCc1cnn(-c2ccccc2)c1. The molecule has 0 aliphatic heterocycles. The molecular formula is C18H26N4O. The van der Waals surface area contributed by atoms with Crippen LogP contribution < -0.4 is 11.1 Å². The Morgan fingerprint density at radius 2 is 2.04 bits per heavy atom. The molecule has 124 valence electrons. The maximum atomic E-state index is 12.1. The van der Waals surface area contributed by atoms with Crippen LogP contribution in [0.4, 0.5) is 0 Å². The first-order chi connectivity index (χ1) is 11.1. The molecule has 0 saturated carbocycles. The van der Waals surface area contributed by atoms with Crippen LogP contribution in [0.15, 0.2) is 42.7 Å². The number of carbonyl (C=O) groups is 1. The largest absolute Gasteiger partial charge is 0.352 e. The highest BCUT2D eigenvalue weighted by Crippen LogP contribution is 2.09. The van der Waals surface area contributed by atoms with Crippen LogP contribution in [-0.4, -0.2) is 28.3 Å². The molecule has 0 fully saturated rings. The summed E-state index contributed by atoms with van der Waals surface area (Å²) in [5.74, 6) is 0.571. The van der Waals surface area contributed by atoms with Gasteiger partial charge in [0, 0.05) is 25.2 Å². The molecule has 5 heteroatoms. The fourth-order valence-corrected chi connectivity index (χ4v) is 2.55. The van der Waals surface area contributed by atoms with E-state index in [-0.39, 0.29) is 11.9 Å². The number of nitrogens with zero attached hydrogens (tertiary/aromatic N) is 2. The topological polar surface area (TPSA) is 72.9 Å². The van der Waals surface area contributed by atoms with Gasteiger partial charge in [0.15, 0.2) is 0 Å². The quantitative estimate of drug-likeness (QED) is 0.785. The Bertz CT molecular complexity index is 606. The predicted molar refractivity (Wildman–Crippen MR) is 92.3 cm³/mol. The lowest BCUT2D eigenvalue weighted by Gasteiger charge is -2.18. The maximum Gasteiger partial charge on any atom is 0.220 e. The van der Waals surface area contributed by atoms with E-state index in [2.05, 4.69) is 24.3 Å². The van der Waals surface area contributed by atoms with Gasteiger partial charge in [0.1, 0.15) is 0 Å². The van der Waals surface area contributed by atoms with Crippen LogP contribution >= 0.6 is 0 Å². The molecule has 0 aliphatic carbocycles. The summed E-state index contributed by atoms with van der Waals surface area (Å²) in [5.41, 5.74) is 7.79. The van der Waals surface area contributed by atoms with Crippen LogP contribution in [0, 0.1) is 5.92 Å². The summed E-state index contributed by atoms with van der Waals surface area (Å²) in [6.45, 7) is 4.75. The summed E-state index contributed by atoms with van der Waals surface area (Å²) in [7, 11) is 0. The van der Waals surface area contributed by atoms with E-state index in [1.54, 1.807) is 0 Å². The van der Waals surface area contributed by atoms with Gasteiger partial charge in [-0.05, 0) is 36.5 Å². The number of hydrogen-bond donors (Lipinski definition) is 2. The second-order valence-electron chi connectivity index (χ2n) is 6.26. The highest BCUT2D eigenvalue weighted by atomic mass is 16.1.